The van der Waals surface area contributed by atoms with Crippen LogP contribution in [0.3, 0.4) is 0 Å². The Bertz CT molecular complexity index is 1070. The highest BCUT2D eigenvalue weighted by atomic mass is 79.9. The normalized spacial score (nSPS) is 13.9. The summed E-state index contributed by atoms with van der Waals surface area (Å²) in [5.41, 5.74) is 2.75. The molecular formula is C24H16Br2Si. The Morgan fingerprint density at radius 3 is 1.37 bits per heavy atom. The van der Waals surface area contributed by atoms with Gasteiger partial charge in [-0.3, -0.25) is 0 Å². The lowest BCUT2D eigenvalue weighted by atomic mass is 10.1. The van der Waals surface area contributed by atoms with Gasteiger partial charge in [0.25, 0.3) is 0 Å². The van der Waals surface area contributed by atoms with Crippen molar-refractivity contribution < 1.29 is 0 Å². The van der Waals surface area contributed by atoms with Gasteiger partial charge < -0.3 is 0 Å². The molecule has 0 unspecified atom stereocenters. The quantitative estimate of drug-likeness (QED) is 0.317. The molecule has 5 rings (SSSR count). The average molecular weight is 492 g/mol. The molecule has 27 heavy (non-hydrogen) atoms. The minimum atomic E-state index is -2.35. The molecule has 0 nitrogen and oxygen atoms in total. The SMILES string of the molecule is Brc1cccc([Si]2(c3cccc(Br)c3)c3ccccc3-c3ccccc32)c1. The lowest BCUT2D eigenvalue weighted by Crippen LogP contribution is -2.72. The molecule has 0 saturated carbocycles. The van der Waals surface area contributed by atoms with Gasteiger partial charge in [0.15, 0.2) is 8.07 Å². The predicted octanol–water partition coefficient (Wildman–Crippen LogP) is 4.57. The van der Waals surface area contributed by atoms with Crippen LogP contribution in [0.4, 0.5) is 0 Å². The Balaban J connectivity index is 1.98. The van der Waals surface area contributed by atoms with Gasteiger partial charge in [0, 0.05) is 8.95 Å². The average Bonchev–Trinajstić information content (AvgIpc) is 3.00. The summed E-state index contributed by atoms with van der Waals surface area (Å²) in [4.78, 5) is 0. The van der Waals surface area contributed by atoms with Gasteiger partial charge in [-0.2, -0.15) is 0 Å². The van der Waals surface area contributed by atoms with Crippen LogP contribution in [0.15, 0.2) is 106 Å². The van der Waals surface area contributed by atoms with E-state index in [1.807, 2.05) is 0 Å². The molecule has 0 aromatic heterocycles. The molecule has 1 aliphatic rings. The molecule has 1 aliphatic heterocycles. The van der Waals surface area contributed by atoms with Crippen molar-refractivity contribution in [3.63, 3.8) is 0 Å². The molecule has 0 saturated heterocycles. The summed E-state index contributed by atoms with van der Waals surface area (Å²) in [6, 6.07) is 35.7. The Hall–Kier alpha value is -1.94. The van der Waals surface area contributed by atoms with Crippen LogP contribution in [-0.4, -0.2) is 8.07 Å². The van der Waals surface area contributed by atoms with Crippen LogP contribution in [0.5, 0.6) is 0 Å². The summed E-state index contributed by atoms with van der Waals surface area (Å²) in [7, 11) is -2.35. The highest BCUT2D eigenvalue weighted by molar-refractivity contribution is 9.10. The number of hydrogen-bond donors (Lipinski definition) is 0. The monoisotopic (exact) mass is 490 g/mol. The summed E-state index contributed by atoms with van der Waals surface area (Å²) < 4.78 is 2.26. The number of benzene rings is 4. The molecule has 0 radical (unpaired) electrons. The standard InChI is InChI=1S/C24H16Br2Si/c25-17-7-5-9-19(15-17)27(20-10-6-8-18(26)16-20)23-13-3-1-11-21(23)22-12-2-4-14-24(22)27/h1-16H. The molecule has 0 aliphatic carbocycles. The molecule has 4 aromatic rings. The van der Waals surface area contributed by atoms with Crippen LogP contribution in [0.25, 0.3) is 11.1 Å². The molecule has 0 atom stereocenters. The first-order chi connectivity index (χ1) is 13.2. The second kappa shape index (κ2) is 6.59. The van der Waals surface area contributed by atoms with E-state index in [9.17, 15) is 0 Å². The summed E-state index contributed by atoms with van der Waals surface area (Å²) in [6.07, 6.45) is 0. The zero-order valence-corrected chi connectivity index (χ0v) is 18.7. The van der Waals surface area contributed by atoms with E-state index in [0.717, 1.165) is 8.95 Å². The van der Waals surface area contributed by atoms with Crippen molar-refractivity contribution in [2.24, 2.45) is 0 Å². The highest BCUT2D eigenvalue weighted by Gasteiger charge is 2.48. The van der Waals surface area contributed by atoms with E-state index < -0.39 is 8.07 Å². The Labute approximate surface area is 177 Å². The van der Waals surface area contributed by atoms with Crippen molar-refractivity contribution >= 4 is 60.7 Å². The number of rotatable bonds is 2. The largest absolute Gasteiger partial charge is 0.180 e. The Morgan fingerprint density at radius 2 is 0.926 bits per heavy atom. The van der Waals surface area contributed by atoms with Crippen LogP contribution in [0.1, 0.15) is 0 Å². The topological polar surface area (TPSA) is 0 Å². The van der Waals surface area contributed by atoms with Gasteiger partial charge in [0.2, 0.25) is 0 Å². The first-order valence-corrected chi connectivity index (χ1v) is 12.5. The van der Waals surface area contributed by atoms with Gasteiger partial charge in [-0.25, -0.2) is 0 Å². The molecule has 0 amide bonds. The van der Waals surface area contributed by atoms with E-state index in [2.05, 4.69) is 129 Å². The molecule has 0 fully saturated rings. The van der Waals surface area contributed by atoms with Gasteiger partial charge >= 0.3 is 0 Å². The van der Waals surface area contributed by atoms with E-state index in [0.29, 0.717) is 0 Å². The Morgan fingerprint density at radius 1 is 0.481 bits per heavy atom. The predicted molar refractivity (Wildman–Crippen MR) is 124 cm³/mol. The van der Waals surface area contributed by atoms with Gasteiger partial charge in [0.1, 0.15) is 0 Å². The van der Waals surface area contributed by atoms with Crippen LogP contribution in [0, 0.1) is 0 Å². The maximum atomic E-state index is 3.71. The third kappa shape index (κ3) is 2.53. The number of halogens is 2. The van der Waals surface area contributed by atoms with Crippen LogP contribution < -0.4 is 20.7 Å². The van der Waals surface area contributed by atoms with Crippen LogP contribution >= 0.6 is 31.9 Å². The third-order valence-electron chi connectivity index (χ3n) is 5.47. The van der Waals surface area contributed by atoms with Gasteiger partial charge in [-0.15, -0.1) is 0 Å². The molecule has 0 N–H and O–H groups in total. The zero-order valence-electron chi connectivity index (χ0n) is 14.5. The van der Waals surface area contributed by atoms with E-state index in [1.165, 1.54) is 31.9 Å². The summed E-state index contributed by atoms with van der Waals surface area (Å²) in [5.74, 6) is 0. The Kier molecular flexibility index (Phi) is 4.19. The van der Waals surface area contributed by atoms with Gasteiger partial charge in [-0.05, 0) is 56.1 Å². The summed E-state index contributed by atoms with van der Waals surface area (Å²) >= 11 is 7.43. The maximum Gasteiger partial charge on any atom is 0.180 e. The van der Waals surface area contributed by atoms with E-state index in [4.69, 9.17) is 0 Å². The second-order valence-electron chi connectivity index (χ2n) is 6.86. The molecule has 0 spiro atoms. The lowest BCUT2D eigenvalue weighted by molar-refractivity contribution is 1.65. The van der Waals surface area contributed by atoms with Crippen molar-refractivity contribution in [3.05, 3.63) is 106 Å². The van der Waals surface area contributed by atoms with Crippen molar-refractivity contribution in [1.29, 1.82) is 0 Å². The molecule has 1 heterocycles. The second-order valence-corrected chi connectivity index (χ2v) is 12.4. The molecule has 0 bridgehead atoms. The fraction of sp³-hybridized carbons (Fsp3) is 0. The van der Waals surface area contributed by atoms with Crippen LogP contribution in [-0.2, 0) is 0 Å². The third-order valence-corrected chi connectivity index (χ3v) is 11.3. The summed E-state index contributed by atoms with van der Waals surface area (Å²) in [6.45, 7) is 0. The highest BCUT2D eigenvalue weighted by Crippen LogP contribution is 2.29. The van der Waals surface area contributed by atoms with Crippen molar-refractivity contribution in [3.8, 4) is 11.1 Å². The fourth-order valence-corrected chi connectivity index (χ4v) is 10.9. The zero-order chi connectivity index (χ0) is 18.4. The van der Waals surface area contributed by atoms with E-state index in [1.54, 1.807) is 0 Å². The first kappa shape index (κ1) is 17.2. The van der Waals surface area contributed by atoms with Gasteiger partial charge in [-0.1, -0.05) is 105 Å². The van der Waals surface area contributed by atoms with Crippen molar-refractivity contribution in [1.82, 2.24) is 0 Å². The minimum absolute atomic E-state index is 1.13. The first-order valence-electron chi connectivity index (χ1n) is 8.93. The molecular weight excluding hydrogens is 476 g/mol. The van der Waals surface area contributed by atoms with E-state index in [-0.39, 0.29) is 0 Å². The summed E-state index contributed by atoms with van der Waals surface area (Å²) in [5, 5.41) is 5.77. The molecule has 3 heteroatoms. The van der Waals surface area contributed by atoms with Crippen molar-refractivity contribution in [2.45, 2.75) is 0 Å². The number of hydrogen-bond acceptors (Lipinski definition) is 0. The smallest absolute Gasteiger partial charge is 0.0623 e. The minimum Gasteiger partial charge on any atom is -0.0623 e. The fourth-order valence-electron chi connectivity index (χ4n) is 4.47. The molecule has 130 valence electrons. The lowest BCUT2D eigenvalue weighted by Gasteiger charge is -2.31. The maximum absolute atomic E-state index is 3.71. The number of fused-ring (bicyclic) bond motifs is 3. The van der Waals surface area contributed by atoms with Crippen LogP contribution in [0.2, 0.25) is 0 Å². The van der Waals surface area contributed by atoms with Gasteiger partial charge in [0.05, 0.1) is 0 Å². The van der Waals surface area contributed by atoms with Crippen molar-refractivity contribution in [2.75, 3.05) is 0 Å². The van der Waals surface area contributed by atoms with E-state index >= 15 is 0 Å². The molecule has 4 aromatic carbocycles.